The van der Waals surface area contributed by atoms with Crippen LogP contribution in [0.25, 0.3) is 0 Å². The third-order valence-corrected chi connectivity index (χ3v) is 3.98. The largest absolute Gasteiger partial charge is 0.0628 e. The topological polar surface area (TPSA) is 0 Å². The number of hydrogen-bond acceptors (Lipinski definition) is 0. The van der Waals surface area contributed by atoms with Crippen molar-refractivity contribution in [2.24, 2.45) is 23.7 Å². The van der Waals surface area contributed by atoms with Crippen LogP contribution in [0.2, 0.25) is 0 Å². The Labute approximate surface area is 90.5 Å². The predicted molar refractivity (Wildman–Crippen MR) is 64.4 cm³/mol. The van der Waals surface area contributed by atoms with Gasteiger partial charge in [0.1, 0.15) is 0 Å². The van der Waals surface area contributed by atoms with E-state index in [1.807, 2.05) is 0 Å². The molecule has 0 aliphatic heterocycles. The normalized spacial score (nSPS) is 33.6. The van der Waals surface area contributed by atoms with Crippen LogP contribution in [0.3, 0.4) is 0 Å². The summed E-state index contributed by atoms with van der Waals surface area (Å²) in [6, 6.07) is 0. The van der Waals surface area contributed by atoms with E-state index in [-0.39, 0.29) is 0 Å². The van der Waals surface area contributed by atoms with Crippen molar-refractivity contribution < 1.29 is 0 Å². The second-order valence-corrected chi connectivity index (χ2v) is 5.98. The van der Waals surface area contributed by atoms with Crippen molar-refractivity contribution >= 4 is 0 Å². The molecule has 0 aromatic carbocycles. The number of rotatable bonds is 4. The minimum atomic E-state index is 0.895. The molecule has 14 heavy (non-hydrogen) atoms. The molecule has 0 aromatic heterocycles. The summed E-state index contributed by atoms with van der Waals surface area (Å²) in [7, 11) is 0. The summed E-state index contributed by atoms with van der Waals surface area (Å²) in [5.41, 5.74) is 0. The molecular weight excluding hydrogens is 168 g/mol. The zero-order valence-electron chi connectivity index (χ0n) is 10.6. The quantitative estimate of drug-likeness (QED) is 0.601. The standard InChI is InChI=1S/C14H28/c1-11(2)6-5-7-14-10-12(3)8-9-13(14)4/h11-14H,5-10H2,1-4H3. The molecule has 3 atom stereocenters. The molecule has 1 rings (SSSR count). The van der Waals surface area contributed by atoms with E-state index in [0.29, 0.717) is 0 Å². The highest BCUT2D eigenvalue weighted by Crippen LogP contribution is 2.36. The molecule has 1 aliphatic carbocycles. The maximum Gasteiger partial charge on any atom is -0.0386 e. The SMILES string of the molecule is CC(C)CCCC1CC(C)CCC1C. The summed E-state index contributed by atoms with van der Waals surface area (Å²) in [4.78, 5) is 0. The van der Waals surface area contributed by atoms with Gasteiger partial charge in [-0.3, -0.25) is 0 Å². The van der Waals surface area contributed by atoms with Crippen molar-refractivity contribution in [1.29, 1.82) is 0 Å². The Balaban J connectivity index is 2.20. The van der Waals surface area contributed by atoms with E-state index >= 15 is 0 Å². The van der Waals surface area contributed by atoms with Crippen molar-refractivity contribution in [1.82, 2.24) is 0 Å². The Bertz CT molecular complexity index is 148. The minimum Gasteiger partial charge on any atom is -0.0628 e. The summed E-state index contributed by atoms with van der Waals surface area (Å²) in [5.74, 6) is 3.93. The van der Waals surface area contributed by atoms with Gasteiger partial charge in [0.2, 0.25) is 0 Å². The lowest BCUT2D eigenvalue weighted by atomic mass is 9.73. The van der Waals surface area contributed by atoms with Gasteiger partial charge in [-0.15, -0.1) is 0 Å². The van der Waals surface area contributed by atoms with E-state index in [4.69, 9.17) is 0 Å². The van der Waals surface area contributed by atoms with E-state index in [1.165, 1.54) is 38.5 Å². The molecule has 0 nitrogen and oxygen atoms in total. The van der Waals surface area contributed by atoms with Gasteiger partial charge in [0.25, 0.3) is 0 Å². The number of hydrogen-bond donors (Lipinski definition) is 0. The molecular formula is C14H28. The van der Waals surface area contributed by atoms with Crippen LogP contribution in [0.4, 0.5) is 0 Å². The first-order chi connectivity index (χ1) is 6.59. The lowest BCUT2D eigenvalue weighted by Crippen LogP contribution is -2.21. The van der Waals surface area contributed by atoms with Crippen LogP contribution in [0, 0.1) is 23.7 Å². The Morgan fingerprint density at radius 2 is 1.86 bits per heavy atom. The van der Waals surface area contributed by atoms with Crippen LogP contribution in [-0.4, -0.2) is 0 Å². The molecule has 0 heterocycles. The first-order valence-electron chi connectivity index (χ1n) is 6.59. The first kappa shape index (κ1) is 12.1. The molecule has 0 N–H and O–H groups in total. The molecule has 1 aliphatic rings. The van der Waals surface area contributed by atoms with Gasteiger partial charge in [-0.25, -0.2) is 0 Å². The first-order valence-corrected chi connectivity index (χ1v) is 6.59. The Kier molecular flexibility index (Phi) is 4.98. The van der Waals surface area contributed by atoms with Crippen LogP contribution in [0.5, 0.6) is 0 Å². The third kappa shape index (κ3) is 4.02. The van der Waals surface area contributed by atoms with Crippen LogP contribution in [-0.2, 0) is 0 Å². The second-order valence-electron chi connectivity index (χ2n) is 5.98. The van der Waals surface area contributed by atoms with Gasteiger partial charge >= 0.3 is 0 Å². The summed E-state index contributed by atoms with van der Waals surface area (Å²) in [6.07, 6.45) is 8.83. The maximum absolute atomic E-state index is 2.46. The van der Waals surface area contributed by atoms with Crippen LogP contribution >= 0.6 is 0 Å². The summed E-state index contributed by atoms with van der Waals surface area (Å²) >= 11 is 0. The predicted octanol–water partition coefficient (Wildman–Crippen LogP) is 4.89. The fourth-order valence-corrected chi connectivity index (χ4v) is 2.84. The molecule has 1 fully saturated rings. The Hall–Kier alpha value is 0. The van der Waals surface area contributed by atoms with Gasteiger partial charge < -0.3 is 0 Å². The average molecular weight is 196 g/mol. The monoisotopic (exact) mass is 196 g/mol. The smallest absolute Gasteiger partial charge is 0.0386 e. The molecule has 3 unspecified atom stereocenters. The second kappa shape index (κ2) is 5.78. The van der Waals surface area contributed by atoms with Crippen LogP contribution < -0.4 is 0 Å². The Morgan fingerprint density at radius 1 is 1.14 bits per heavy atom. The zero-order chi connectivity index (χ0) is 10.6. The molecule has 84 valence electrons. The highest BCUT2D eigenvalue weighted by Gasteiger charge is 2.24. The van der Waals surface area contributed by atoms with Crippen molar-refractivity contribution in [2.45, 2.75) is 66.2 Å². The highest BCUT2D eigenvalue weighted by molar-refractivity contribution is 4.75. The van der Waals surface area contributed by atoms with Crippen molar-refractivity contribution in [3.63, 3.8) is 0 Å². The third-order valence-electron chi connectivity index (χ3n) is 3.98. The molecule has 0 heteroatoms. The molecule has 0 aromatic rings. The van der Waals surface area contributed by atoms with Crippen LogP contribution in [0.1, 0.15) is 66.2 Å². The van der Waals surface area contributed by atoms with E-state index in [2.05, 4.69) is 27.7 Å². The summed E-state index contributed by atoms with van der Waals surface area (Å²) in [6.45, 7) is 9.58. The van der Waals surface area contributed by atoms with Gasteiger partial charge in [-0.2, -0.15) is 0 Å². The van der Waals surface area contributed by atoms with E-state index in [0.717, 1.165) is 23.7 Å². The van der Waals surface area contributed by atoms with E-state index in [1.54, 1.807) is 0 Å². The molecule has 0 amide bonds. The summed E-state index contributed by atoms with van der Waals surface area (Å²) in [5, 5.41) is 0. The molecule has 0 saturated heterocycles. The minimum absolute atomic E-state index is 0.895. The highest BCUT2D eigenvalue weighted by atomic mass is 14.3. The molecule has 1 saturated carbocycles. The van der Waals surface area contributed by atoms with E-state index < -0.39 is 0 Å². The van der Waals surface area contributed by atoms with E-state index in [9.17, 15) is 0 Å². The zero-order valence-corrected chi connectivity index (χ0v) is 10.6. The van der Waals surface area contributed by atoms with Crippen molar-refractivity contribution in [3.8, 4) is 0 Å². The van der Waals surface area contributed by atoms with Gasteiger partial charge in [0.05, 0.1) is 0 Å². The molecule has 0 radical (unpaired) electrons. The summed E-state index contributed by atoms with van der Waals surface area (Å²) < 4.78 is 0. The molecule has 0 bridgehead atoms. The van der Waals surface area contributed by atoms with Crippen LogP contribution in [0.15, 0.2) is 0 Å². The Morgan fingerprint density at radius 3 is 2.50 bits per heavy atom. The fraction of sp³-hybridized carbons (Fsp3) is 1.00. The average Bonchev–Trinajstić information content (AvgIpc) is 2.10. The van der Waals surface area contributed by atoms with Gasteiger partial charge in [0, 0.05) is 0 Å². The fourth-order valence-electron chi connectivity index (χ4n) is 2.84. The lowest BCUT2D eigenvalue weighted by molar-refractivity contribution is 0.187. The maximum atomic E-state index is 2.46. The molecule has 0 spiro atoms. The van der Waals surface area contributed by atoms with Gasteiger partial charge in [-0.1, -0.05) is 59.8 Å². The lowest BCUT2D eigenvalue weighted by Gasteiger charge is -2.32. The van der Waals surface area contributed by atoms with Crippen molar-refractivity contribution in [2.75, 3.05) is 0 Å². The van der Waals surface area contributed by atoms with Gasteiger partial charge in [0.15, 0.2) is 0 Å². The van der Waals surface area contributed by atoms with Gasteiger partial charge in [-0.05, 0) is 30.1 Å². The van der Waals surface area contributed by atoms with Crippen molar-refractivity contribution in [3.05, 3.63) is 0 Å².